The first-order valence-electron chi connectivity index (χ1n) is 9.56. The quantitative estimate of drug-likeness (QED) is 0.589. The van der Waals surface area contributed by atoms with E-state index in [2.05, 4.69) is 57.3 Å². The van der Waals surface area contributed by atoms with Gasteiger partial charge >= 0.3 is 0 Å². The zero-order valence-electron chi connectivity index (χ0n) is 16.8. The minimum absolute atomic E-state index is 0.510. The van der Waals surface area contributed by atoms with E-state index in [1.54, 1.807) is 7.11 Å². The maximum absolute atomic E-state index is 5.69. The van der Waals surface area contributed by atoms with E-state index in [0.717, 1.165) is 47.5 Å². The number of methoxy groups -OCH3 is 1. The summed E-state index contributed by atoms with van der Waals surface area (Å²) in [7, 11) is 1.72. The van der Waals surface area contributed by atoms with E-state index in [1.165, 1.54) is 17.0 Å². The molecule has 4 heteroatoms. The van der Waals surface area contributed by atoms with E-state index in [-0.39, 0.29) is 0 Å². The highest BCUT2D eigenvalue weighted by atomic mass is 16.5. The Morgan fingerprint density at radius 2 is 1.85 bits per heavy atom. The largest absolute Gasteiger partial charge is 0.496 e. The Bertz CT molecular complexity index is 923. The van der Waals surface area contributed by atoms with Gasteiger partial charge in [-0.1, -0.05) is 26.8 Å². The summed E-state index contributed by atoms with van der Waals surface area (Å²) in [6, 6.07) is 4.24. The summed E-state index contributed by atoms with van der Waals surface area (Å²) in [5.41, 5.74) is 7.72. The SMILES string of the molecule is CCc1nc2c(-c3c(C)cc(C)cc3OC)nccn2c1C(CC)CC. The minimum Gasteiger partial charge on any atom is -0.496 e. The van der Waals surface area contributed by atoms with E-state index >= 15 is 0 Å². The number of rotatable bonds is 6. The number of aryl methyl sites for hydroxylation is 3. The lowest BCUT2D eigenvalue weighted by Crippen LogP contribution is -2.04. The molecule has 26 heavy (non-hydrogen) atoms. The Balaban J connectivity index is 2.34. The molecule has 0 saturated heterocycles. The van der Waals surface area contributed by atoms with Crippen molar-refractivity contribution in [1.82, 2.24) is 14.4 Å². The maximum atomic E-state index is 5.69. The predicted molar refractivity (Wildman–Crippen MR) is 107 cm³/mol. The normalized spacial score (nSPS) is 11.5. The monoisotopic (exact) mass is 351 g/mol. The van der Waals surface area contributed by atoms with Crippen molar-refractivity contribution in [3.05, 3.63) is 47.0 Å². The molecule has 0 aliphatic carbocycles. The Labute approximate surface area is 156 Å². The van der Waals surface area contributed by atoms with Crippen LogP contribution in [0.2, 0.25) is 0 Å². The second-order valence-corrected chi connectivity index (χ2v) is 6.94. The molecule has 0 bridgehead atoms. The van der Waals surface area contributed by atoms with Crippen molar-refractivity contribution in [2.75, 3.05) is 7.11 Å². The van der Waals surface area contributed by atoms with Crippen molar-refractivity contribution in [2.24, 2.45) is 0 Å². The van der Waals surface area contributed by atoms with E-state index < -0.39 is 0 Å². The third-order valence-electron chi connectivity index (χ3n) is 5.26. The van der Waals surface area contributed by atoms with E-state index in [9.17, 15) is 0 Å². The third kappa shape index (κ3) is 2.98. The zero-order chi connectivity index (χ0) is 18.8. The molecular weight excluding hydrogens is 322 g/mol. The van der Waals surface area contributed by atoms with Crippen molar-refractivity contribution >= 4 is 5.65 Å². The lowest BCUT2D eigenvalue weighted by atomic mass is 9.97. The molecule has 3 aromatic rings. The lowest BCUT2D eigenvalue weighted by Gasteiger charge is -2.15. The summed E-state index contributed by atoms with van der Waals surface area (Å²) < 4.78 is 7.93. The van der Waals surface area contributed by atoms with Gasteiger partial charge in [0.25, 0.3) is 0 Å². The van der Waals surface area contributed by atoms with Gasteiger partial charge in [-0.2, -0.15) is 0 Å². The van der Waals surface area contributed by atoms with Crippen LogP contribution in [0.4, 0.5) is 0 Å². The number of imidazole rings is 1. The van der Waals surface area contributed by atoms with Crippen LogP contribution in [-0.4, -0.2) is 21.5 Å². The van der Waals surface area contributed by atoms with Crippen LogP contribution in [0.3, 0.4) is 0 Å². The van der Waals surface area contributed by atoms with Crippen LogP contribution in [0.25, 0.3) is 16.9 Å². The number of fused-ring (bicyclic) bond motifs is 1. The van der Waals surface area contributed by atoms with Gasteiger partial charge in [-0.15, -0.1) is 0 Å². The molecule has 0 amide bonds. The van der Waals surface area contributed by atoms with Crippen LogP contribution in [0.5, 0.6) is 5.75 Å². The highest BCUT2D eigenvalue weighted by Gasteiger charge is 2.22. The van der Waals surface area contributed by atoms with Crippen LogP contribution >= 0.6 is 0 Å². The topological polar surface area (TPSA) is 39.4 Å². The van der Waals surface area contributed by atoms with Crippen molar-refractivity contribution in [2.45, 2.75) is 59.8 Å². The Kier molecular flexibility index (Phi) is 5.30. The molecule has 4 nitrogen and oxygen atoms in total. The molecule has 0 saturated carbocycles. The number of hydrogen-bond acceptors (Lipinski definition) is 3. The van der Waals surface area contributed by atoms with Crippen molar-refractivity contribution in [3.63, 3.8) is 0 Å². The van der Waals surface area contributed by atoms with Gasteiger partial charge in [-0.05, 0) is 50.3 Å². The van der Waals surface area contributed by atoms with Gasteiger partial charge in [0, 0.05) is 29.6 Å². The van der Waals surface area contributed by atoms with E-state index in [4.69, 9.17) is 14.7 Å². The molecule has 0 aliphatic rings. The average molecular weight is 351 g/mol. The van der Waals surface area contributed by atoms with Crippen LogP contribution in [0.15, 0.2) is 24.5 Å². The maximum Gasteiger partial charge on any atom is 0.164 e. The summed E-state index contributed by atoms with van der Waals surface area (Å²) in [5.74, 6) is 1.37. The highest BCUT2D eigenvalue weighted by Crippen LogP contribution is 2.37. The predicted octanol–water partition coefficient (Wildman–Crippen LogP) is 5.49. The van der Waals surface area contributed by atoms with Gasteiger partial charge in [0.15, 0.2) is 5.65 Å². The second-order valence-electron chi connectivity index (χ2n) is 6.94. The van der Waals surface area contributed by atoms with Crippen LogP contribution in [-0.2, 0) is 6.42 Å². The first-order valence-corrected chi connectivity index (χ1v) is 9.56. The molecule has 2 aromatic heterocycles. The smallest absolute Gasteiger partial charge is 0.164 e. The van der Waals surface area contributed by atoms with Gasteiger partial charge in [-0.25, -0.2) is 4.98 Å². The first kappa shape index (κ1) is 18.4. The van der Waals surface area contributed by atoms with Gasteiger partial charge in [0.2, 0.25) is 0 Å². The van der Waals surface area contributed by atoms with Gasteiger partial charge in [0.1, 0.15) is 11.4 Å². The molecule has 0 N–H and O–H groups in total. The summed E-state index contributed by atoms with van der Waals surface area (Å²) in [4.78, 5) is 9.72. The average Bonchev–Trinajstić information content (AvgIpc) is 3.01. The molecule has 0 atom stereocenters. The number of aromatic nitrogens is 3. The van der Waals surface area contributed by atoms with Gasteiger partial charge in [-0.3, -0.25) is 4.98 Å². The van der Waals surface area contributed by atoms with E-state index in [1.807, 2.05) is 6.20 Å². The molecule has 0 fully saturated rings. The summed E-state index contributed by atoms with van der Waals surface area (Å²) in [6.07, 6.45) is 7.09. The van der Waals surface area contributed by atoms with E-state index in [0.29, 0.717) is 5.92 Å². The molecule has 0 spiro atoms. The molecule has 1 aromatic carbocycles. The molecule has 2 heterocycles. The molecule has 0 unspecified atom stereocenters. The lowest BCUT2D eigenvalue weighted by molar-refractivity contribution is 0.415. The van der Waals surface area contributed by atoms with Crippen LogP contribution in [0.1, 0.15) is 62.0 Å². The molecule has 0 aliphatic heterocycles. The fourth-order valence-electron chi connectivity index (χ4n) is 3.98. The van der Waals surface area contributed by atoms with Crippen molar-refractivity contribution in [3.8, 4) is 17.0 Å². The molecular formula is C22H29N3O. The van der Waals surface area contributed by atoms with Gasteiger partial charge < -0.3 is 9.14 Å². The summed E-state index contributed by atoms with van der Waals surface area (Å²) >= 11 is 0. The third-order valence-corrected chi connectivity index (χ3v) is 5.26. The van der Waals surface area contributed by atoms with Gasteiger partial charge in [0.05, 0.1) is 12.8 Å². The van der Waals surface area contributed by atoms with Crippen molar-refractivity contribution in [1.29, 1.82) is 0 Å². The first-order chi connectivity index (χ1) is 12.5. The Morgan fingerprint density at radius 1 is 1.12 bits per heavy atom. The number of hydrogen-bond donors (Lipinski definition) is 0. The zero-order valence-corrected chi connectivity index (χ0v) is 16.8. The van der Waals surface area contributed by atoms with Crippen molar-refractivity contribution < 1.29 is 4.74 Å². The number of benzene rings is 1. The molecule has 138 valence electrons. The second kappa shape index (κ2) is 7.48. The number of ether oxygens (including phenoxy) is 1. The van der Waals surface area contributed by atoms with Crippen LogP contribution < -0.4 is 4.74 Å². The fourth-order valence-corrected chi connectivity index (χ4v) is 3.98. The minimum atomic E-state index is 0.510. The van der Waals surface area contributed by atoms with Crippen LogP contribution in [0, 0.1) is 13.8 Å². The number of nitrogens with zero attached hydrogens (tertiary/aromatic N) is 3. The summed E-state index contributed by atoms with van der Waals surface area (Å²) in [6.45, 7) is 10.9. The Hall–Kier alpha value is -2.36. The highest BCUT2D eigenvalue weighted by molar-refractivity contribution is 5.81. The summed E-state index contributed by atoms with van der Waals surface area (Å²) in [5, 5.41) is 0. The Morgan fingerprint density at radius 3 is 2.46 bits per heavy atom. The standard InChI is InChI=1S/C22H29N3O/c1-7-16(8-2)21-17(9-3)24-22-20(23-10-11-25(21)22)19-15(5)12-14(4)13-18(19)26-6/h10-13,16H,7-9H2,1-6H3. The molecule has 3 rings (SSSR count). The fraction of sp³-hybridized carbons (Fsp3) is 0.455. The molecule has 0 radical (unpaired) electrons.